The number of methoxy groups -OCH3 is 1. The molecule has 1 aromatic rings. The van der Waals surface area contributed by atoms with E-state index in [2.05, 4.69) is 0 Å². The summed E-state index contributed by atoms with van der Waals surface area (Å²) in [5.41, 5.74) is 0. The molecule has 0 aliphatic carbocycles. The summed E-state index contributed by atoms with van der Waals surface area (Å²) in [5, 5.41) is 62.0. The quantitative estimate of drug-likeness (QED) is 0.0980. The summed E-state index contributed by atoms with van der Waals surface area (Å²) in [6.07, 6.45) is -15.3. The Labute approximate surface area is 218 Å². The van der Waals surface area contributed by atoms with Crippen LogP contribution < -0.4 is 9.47 Å². The molecule has 0 bridgehead atoms. The first-order valence-corrected chi connectivity index (χ1v) is 13.4. The van der Waals surface area contributed by atoms with Crippen LogP contribution in [0.3, 0.4) is 0 Å². The van der Waals surface area contributed by atoms with Gasteiger partial charge in [-0.15, -0.1) is 0 Å². The smallest absolute Gasteiger partial charge is 0.264 e. The Balaban J connectivity index is 1.68. The fourth-order valence-electron chi connectivity index (χ4n) is 4.08. The third-order valence-electron chi connectivity index (χ3n) is 6.10. The molecule has 0 saturated carbocycles. The highest BCUT2D eigenvalue weighted by molar-refractivity contribution is 7.85. The molecule has 38 heavy (non-hydrogen) atoms. The number of hydrogen-bond donors (Lipinski definition) is 7. The van der Waals surface area contributed by atoms with E-state index in [1.54, 1.807) is 24.3 Å². The van der Waals surface area contributed by atoms with Crippen molar-refractivity contribution in [3.8, 4) is 11.5 Å². The molecule has 0 amide bonds. The molecular weight excluding hydrogens is 536 g/mol. The van der Waals surface area contributed by atoms with E-state index in [9.17, 15) is 39.1 Å². The maximum absolute atomic E-state index is 10.9. The van der Waals surface area contributed by atoms with Crippen molar-refractivity contribution in [1.29, 1.82) is 0 Å². The van der Waals surface area contributed by atoms with Crippen molar-refractivity contribution in [3.05, 3.63) is 24.3 Å². The number of aliphatic hydroxyl groups excluding tert-OH is 6. The topological polar surface area (TPSA) is 231 Å². The minimum Gasteiger partial charge on any atom is -0.497 e. The van der Waals surface area contributed by atoms with Gasteiger partial charge in [0.1, 0.15) is 60.3 Å². The van der Waals surface area contributed by atoms with Gasteiger partial charge in [-0.25, -0.2) is 0 Å². The molecule has 16 heteroatoms. The zero-order chi connectivity index (χ0) is 28.0. The molecule has 2 aliphatic rings. The van der Waals surface area contributed by atoms with Gasteiger partial charge in [0.05, 0.1) is 26.1 Å². The highest BCUT2D eigenvalue weighted by Crippen LogP contribution is 2.31. The fourth-order valence-corrected chi connectivity index (χ4v) is 4.57. The zero-order valence-electron chi connectivity index (χ0n) is 20.4. The van der Waals surface area contributed by atoms with Gasteiger partial charge in [0.15, 0.2) is 6.29 Å². The van der Waals surface area contributed by atoms with Crippen molar-refractivity contribution in [1.82, 2.24) is 0 Å². The monoisotopic (exact) mass is 570 g/mol. The molecule has 218 valence electrons. The largest absolute Gasteiger partial charge is 0.497 e. The summed E-state index contributed by atoms with van der Waals surface area (Å²) >= 11 is 0. The van der Waals surface area contributed by atoms with Gasteiger partial charge in [0.25, 0.3) is 10.1 Å². The van der Waals surface area contributed by atoms with Gasteiger partial charge >= 0.3 is 0 Å². The van der Waals surface area contributed by atoms with E-state index in [0.29, 0.717) is 5.75 Å². The summed E-state index contributed by atoms with van der Waals surface area (Å²) in [6, 6.07) is 6.29. The second kappa shape index (κ2) is 13.6. The highest BCUT2D eigenvalue weighted by atomic mass is 32.2. The van der Waals surface area contributed by atoms with Crippen LogP contribution in [0.5, 0.6) is 11.5 Å². The Morgan fingerprint density at radius 1 is 0.816 bits per heavy atom. The minimum atomic E-state index is -4.25. The Morgan fingerprint density at radius 3 is 2.00 bits per heavy atom. The summed E-state index contributed by atoms with van der Waals surface area (Å²) in [5.74, 6) is 0.216. The van der Waals surface area contributed by atoms with Crippen LogP contribution in [0.4, 0.5) is 0 Å². The fraction of sp³-hybridized carbons (Fsp3) is 0.727. The molecule has 0 spiro atoms. The van der Waals surface area contributed by atoms with Crippen molar-refractivity contribution >= 4 is 10.1 Å². The van der Waals surface area contributed by atoms with E-state index in [1.165, 1.54) is 7.11 Å². The molecule has 1 aromatic carbocycles. The first-order chi connectivity index (χ1) is 18.0. The number of aliphatic hydroxyl groups is 6. The molecule has 0 aromatic heterocycles. The lowest BCUT2D eigenvalue weighted by Gasteiger charge is -2.46. The molecule has 3 rings (SSSR count). The lowest BCUT2D eigenvalue weighted by Crippen LogP contribution is -2.65. The summed E-state index contributed by atoms with van der Waals surface area (Å²) in [7, 11) is -2.76. The molecule has 2 saturated heterocycles. The third kappa shape index (κ3) is 7.71. The maximum atomic E-state index is 10.9. The molecule has 7 N–H and O–H groups in total. The predicted octanol–water partition coefficient (Wildman–Crippen LogP) is -3.00. The molecule has 15 nitrogen and oxygen atoms in total. The minimum absolute atomic E-state index is 0.158. The Kier molecular flexibility index (Phi) is 11.0. The van der Waals surface area contributed by atoms with E-state index >= 15 is 0 Å². The number of ether oxygens (including phenoxy) is 6. The maximum Gasteiger partial charge on any atom is 0.264 e. The zero-order valence-corrected chi connectivity index (χ0v) is 21.2. The van der Waals surface area contributed by atoms with Crippen molar-refractivity contribution in [2.75, 3.05) is 32.7 Å². The van der Waals surface area contributed by atoms with Crippen LogP contribution >= 0.6 is 0 Å². The molecule has 0 unspecified atom stereocenters. The Morgan fingerprint density at radius 2 is 1.42 bits per heavy atom. The Bertz CT molecular complexity index is 958. The van der Waals surface area contributed by atoms with E-state index in [1.807, 2.05) is 0 Å². The average Bonchev–Trinajstić information content (AvgIpc) is 2.88. The molecule has 10 atom stereocenters. The second-order valence-corrected chi connectivity index (χ2v) is 10.4. The molecule has 2 fully saturated rings. The molecule has 2 heterocycles. The standard InChI is InChI=1S/C22H34O15S/c1-32-11-3-5-12(6-4-11)34-21-17(27)16(26)19(14(10-24)36-21)37-22-18(28)20(15(25)13(9-23)35-22)33-7-2-8-38(29,30)31/h3-6,13-28H,2,7-10H2,1H3,(H,29,30,31)/t13-,14-,15+,16-,17-,18-,19-,20+,21-,22+/m1/s1. The van der Waals surface area contributed by atoms with Gasteiger partial charge in [-0.2, -0.15) is 8.42 Å². The van der Waals surface area contributed by atoms with Crippen molar-refractivity contribution in [2.45, 2.75) is 67.8 Å². The van der Waals surface area contributed by atoms with Crippen LogP contribution in [0.25, 0.3) is 0 Å². The summed E-state index contributed by atoms with van der Waals surface area (Å²) in [4.78, 5) is 0. The van der Waals surface area contributed by atoms with Crippen LogP contribution in [-0.2, 0) is 29.1 Å². The van der Waals surface area contributed by atoms with E-state index < -0.39 is 90.5 Å². The average molecular weight is 571 g/mol. The van der Waals surface area contributed by atoms with Crippen LogP contribution in [0.1, 0.15) is 6.42 Å². The van der Waals surface area contributed by atoms with Gasteiger partial charge in [-0.1, -0.05) is 0 Å². The van der Waals surface area contributed by atoms with E-state index in [4.69, 9.17) is 33.0 Å². The second-order valence-electron chi connectivity index (χ2n) is 8.78. The van der Waals surface area contributed by atoms with Crippen LogP contribution in [-0.4, -0.2) is 138 Å². The summed E-state index contributed by atoms with van der Waals surface area (Å²) in [6.45, 7) is -1.70. The molecular formula is C22H34O15S. The normalized spacial score (nSPS) is 36.1. The van der Waals surface area contributed by atoms with Crippen LogP contribution in [0, 0.1) is 0 Å². The predicted molar refractivity (Wildman–Crippen MR) is 125 cm³/mol. The molecule has 0 radical (unpaired) electrons. The number of hydrogen-bond acceptors (Lipinski definition) is 14. The first-order valence-electron chi connectivity index (χ1n) is 11.8. The van der Waals surface area contributed by atoms with Gasteiger partial charge in [-0.05, 0) is 30.7 Å². The summed E-state index contributed by atoms with van der Waals surface area (Å²) < 4.78 is 63.3. The number of benzene rings is 1. The SMILES string of the molecule is COc1ccc(O[C@@H]2O[C@H](CO)[C@@H](O[C@@H]3O[C@H](CO)[C@H](O)[C@H](OCCCS(=O)(=O)O)[C@H]3O)[C@H](O)[C@H]2O)cc1. The van der Waals surface area contributed by atoms with Gasteiger partial charge < -0.3 is 59.1 Å². The van der Waals surface area contributed by atoms with Crippen molar-refractivity contribution in [2.24, 2.45) is 0 Å². The Hall–Kier alpha value is -1.67. The first kappa shape index (κ1) is 30.9. The van der Waals surface area contributed by atoms with Gasteiger partial charge in [0.2, 0.25) is 6.29 Å². The van der Waals surface area contributed by atoms with Crippen molar-refractivity contribution in [3.63, 3.8) is 0 Å². The lowest BCUT2D eigenvalue weighted by atomic mass is 9.97. The van der Waals surface area contributed by atoms with E-state index in [0.717, 1.165) is 0 Å². The van der Waals surface area contributed by atoms with E-state index in [-0.39, 0.29) is 18.8 Å². The third-order valence-corrected chi connectivity index (χ3v) is 6.91. The number of rotatable bonds is 12. The van der Waals surface area contributed by atoms with Crippen LogP contribution in [0.15, 0.2) is 24.3 Å². The van der Waals surface area contributed by atoms with Gasteiger partial charge in [0, 0.05) is 6.61 Å². The molecule has 2 aliphatic heterocycles. The van der Waals surface area contributed by atoms with Gasteiger partial charge in [-0.3, -0.25) is 4.55 Å². The van der Waals surface area contributed by atoms with Crippen molar-refractivity contribution < 1.29 is 72.0 Å². The highest BCUT2D eigenvalue weighted by Gasteiger charge is 2.51. The lowest BCUT2D eigenvalue weighted by molar-refractivity contribution is -0.355. The van der Waals surface area contributed by atoms with Crippen LogP contribution in [0.2, 0.25) is 0 Å².